The molecule has 0 saturated carbocycles. The lowest BCUT2D eigenvalue weighted by molar-refractivity contribution is -0.0503. The van der Waals surface area contributed by atoms with E-state index in [0.29, 0.717) is 4.34 Å². The summed E-state index contributed by atoms with van der Waals surface area (Å²) in [5, 5.41) is 0. The van der Waals surface area contributed by atoms with Crippen LogP contribution in [0.3, 0.4) is 0 Å². The smallest absolute Gasteiger partial charge is 0.387 e. The molecule has 1 aromatic heterocycles. The molecule has 6 nitrogen and oxygen atoms in total. The van der Waals surface area contributed by atoms with Gasteiger partial charge in [0.15, 0.2) is 0 Å². The first kappa shape index (κ1) is 20.0. The van der Waals surface area contributed by atoms with Gasteiger partial charge >= 0.3 is 6.61 Å². The third kappa shape index (κ3) is 4.40. The summed E-state index contributed by atoms with van der Waals surface area (Å²) in [6.45, 7) is -2.57. The number of halogens is 3. The van der Waals surface area contributed by atoms with E-state index in [1.807, 2.05) is 0 Å². The van der Waals surface area contributed by atoms with Gasteiger partial charge in [-0.05, 0) is 24.3 Å². The van der Waals surface area contributed by atoms with Crippen molar-refractivity contribution in [1.29, 1.82) is 0 Å². The minimum atomic E-state index is -3.67. The Bertz CT molecular complexity index is 928. The van der Waals surface area contributed by atoms with E-state index in [1.165, 1.54) is 39.5 Å². The molecule has 1 saturated heterocycles. The lowest BCUT2D eigenvalue weighted by atomic mass is 10.1. The van der Waals surface area contributed by atoms with Crippen LogP contribution in [0.4, 0.5) is 8.78 Å². The third-order valence-corrected chi connectivity index (χ3v) is 7.60. The van der Waals surface area contributed by atoms with Gasteiger partial charge in [0, 0.05) is 26.2 Å². The van der Waals surface area contributed by atoms with Crippen molar-refractivity contribution in [2.75, 3.05) is 26.2 Å². The Morgan fingerprint density at radius 3 is 2.37 bits per heavy atom. The number of piperazine rings is 1. The molecule has 0 radical (unpaired) electrons. The average Bonchev–Trinajstić information content (AvgIpc) is 3.08. The lowest BCUT2D eigenvalue weighted by Gasteiger charge is -2.34. The molecule has 1 aromatic carbocycles. The highest BCUT2D eigenvalue weighted by Gasteiger charge is 2.32. The van der Waals surface area contributed by atoms with Crippen molar-refractivity contribution in [3.63, 3.8) is 0 Å². The highest BCUT2D eigenvalue weighted by molar-refractivity contribution is 7.91. The fourth-order valence-corrected chi connectivity index (χ4v) is 5.77. The van der Waals surface area contributed by atoms with Crippen LogP contribution in [-0.4, -0.2) is 56.3 Å². The summed E-state index contributed by atoms with van der Waals surface area (Å²) < 4.78 is 56.4. The summed E-state index contributed by atoms with van der Waals surface area (Å²) in [6.07, 6.45) is 0. The summed E-state index contributed by atoms with van der Waals surface area (Å²) in [6, 6.07) is 8.69. The molecule has 27 heavy (non-hydrogen) atoms. The van der Waals surface area contributed by atoms with Gasteiger partial charge in [0.25, 0.3) is 15.9 Å². The zero-order valence-corrected chi connectivity index (χ0v) is 16.2. The van der Waals surface area contributed by atoms with Crippen molar-refractivity contribution in [1.82, 2.24) is 9.21 Å². The van der Waals surface area contributed by atoms with Gasteiger partial charge < -0.3 is 9.64 Å². The van der Waals surface area contributed by atoms with Crippen LogP contribution >= 0.6 is 22.9 Å². The second-order valence-corrected chi connectivity index (χ2v) is 9.51. The number of ether oxygens (including phenoxy) is 1. The van der Waals surface area contributed by atoms with Crippen LogP contribution in [-0.2, 0) is 10.0 Å². The van der Waals surface area contributed by atoms with E-state index in [-0.39, 0.29) is 41.7 Å². The molecule has 1 amide bonds. The number of nitrogens with zero attached hydrogens (tertiary/aromatic N) is 2. The van der Waals surface area contributed by atoms with E-state index in [4.69, 9.17) is 11.6 Å². The predicted molar refractivity (Wildman–Crippen MR) is 97.1 cm³/mol. The van der Waals surface area contributed by atoms with Crippen LogP contribution in [0.5, 0.6) is 5.75 Å². The van der Waals surface area contributed by atoms with Gasteiger partial charge in [-0.2, -0.15) is 13.1 Å². The third-order valence-electron chi connectivity index (χ3n) is 4.00. The van der Waals surface area contributed by atoms with Gasteiger partial charge in [-0.25, -0.2) is 8.42 Å². The highest BCUT2D eigenvalue weighted by Crippen LogP contribution is 2.29. The normalized spacial score (nSPS) is 15.9. The Hall–Kier alpha value is -1.75. The number of para-hydroxylation sites is 1. The lowest BCUT2D eigenvalue weighted by Crippen LogP contribution is -2.50. The standard InChI is InChI=1S/C16H15ClF2N2O4S2/c17-13-5-6-14(26-13)27(23,24)21-9-7-20(8-10-21)15(22)11-3-1-2-4-12(11)25-16(18)19/h1-6,16H,7-10H2. The van der Waals surface area contributed by atoms with E-state index >= 15 is 0 Å². The molecule has 0 atom stereocenters. The van der Waals surface area contributed by atoms with E-state index in [1.54, 1.807) is 6.07 Å². The van der Waals surface area contributed by atoms with E-state index in [9.17, 15) is 22.0 Å². The Morgan fingerprint density at radius 1 is 1.11 bits per heavy atom. The summed E-state index contributed by atoms with van der Waals surface area (Å²) in [5.74, 6) is -0.691. The number of sulfonamides is 1. The quantitative estimate of drug-likeness (QED) is 0.722. The molecule has 3 rings (SSSR count). The number of carbonyl (C=O) groups is 1. The molecule has 146 valence electrons. The van der Waals surface area contributed by atoms with Crippen LogP contribution in [0.2, 0.25) is 4.34 Å². The summed E-state index contributed by atoms with van der Waals surface area (Å²) >= 11 is 6.77. The first-order valence-corrected chi connectivity index (χ1v) is 10.5. The second kappa shape index (κ2) is 8.09. The van der Waals surface area contributed by atoms with Crippen LogP contribution in [0.25, 0.3) is 0 Å². The number of hydrogen-bond acceptors (Lipinski definition) is 5. The highest BCUT2D eigenvalue weighted by atomic mass is 35.5. The number of rotatable bonds is 5. The van der Waals surface area contributed by atoms with Gasteiger partial charge in [0.2, 0.25) is 0 Å². The maximum absolute atomic E-state index is 12.6. The monoisotopic (exact) mass is 436 g/mol. The molecule has 0 aliphatic carbocycles. The van der Waals surface area contributed by atoms with Gasteiger partial charge in [-0.1, -0.05) is 23.7 Å². The molecule has 2 heterocycles. The van der Waals surface area contributed by atoms with Crippen LogP contribution in [0, 0.1) is 0 Å². The number of amides is 1. The van der Waals surface area contributed by atoms with Crippen molar-refractivity contribution in [2.45, 2.75) is 10.8 Å². The minimum absolute atomic E-state index is 0.0131. The average molecular weight is 437 g/mol. The molecule has 1 aliphatic rings. The molecule has 11 heteroatoms. The van der Waals surface area contributed by atoms with Gasteiger partial charge in [-0.15, -0.1) is 11.3 Å². The summed E-state index contributed by atoms with van der Waals surface area (Å²) in [4.78, 5) is 14.1. The molecular weight excluding hydrogens is 422 g/mol. The molecule has 1 fully saturated rings. The van der Waals surface area contributed by atoms with E-state index in [0.717, 1.165) is 11.3 Å². The molecule has 0 spiro atoms. The fraction of sp³-hybridized carbons (Fsp3) is 0.312. The molecule has 0 unspecified atom stereocenters. The Balaban J connectivity index is 1.70. The molecule has 1 aliphatic heterocycles. The largest absolute Gasteiger partial charge is 0.434 e. The summed E-state index contributed by atoms with van der Waals surface area (Å²) in [7, 11) is -3.67. The first-order chi connectivity index (χ1) is 12.8. The predicted octanol–water partition coefficient (Wildman–Crippen LogP) is 3.15. The molecule has 2 aromatic rings. The van der Waals surface area contributed by atoms with Crippen molar-refractivity contribution in [2.24, 2.45) is 0 Å². The fourth-order valence-electron chi connectivity index (χ4n) is 2.71. The maximum Gasteiger partial charge on any atom is 0.387 e. The van der Waals surface area contributed by atoms with Crippen LogP contribution in [0.1, 0.15) is 10.4 Å². The van der Waals surface area contributed by atoms with Crippen LogP contribution < -0.4 is 4.74 Å². The Labute approximate surface area is 164 Å². The van der Waals surface area contributed by atoms with Crippen molar-refractivity contribution < 1.29 is 26.7 Å². The maximum atomic E-state index is 12.6. The number of carbonyl (C=O) groups excluding carboxylic acids is 1. The molecular formula is C16H15ClF2N2O4S2. The number of thiophene rings is 1. The van der Waals surface area contributed by atoms with Gasteiger partial charge in [0.05, 0.1) is 9.90 Å². The van der Waals surface area contributed by atoms with Crippen molar-refractivity contribution in [3.05, 3.63) is 46.3 Å². The zero-order chi connectivity index (χ0) is 19.6. The summed E-state index contributed by atoms with van der Waals surface area (Å²) in [5.41, 5.74) is 0.0131. The topological polar surface area (TPSA) is 66.9 Å². The van der Waals surface area contributed by atoms with Crippen molar-refractivity contribution in [3.8, 4) is 5.75 Å². The first-order valence-electron chi connectivity index (χ1n) is 7.87. The van der Waals surface area contributed by atoms with Crippen molar-refractivity contribution >= 4 is 38.9 Å². The van der Waals surface area contributed by atoms with Crippen LogP contribution in [0.15, 0.2) is 40.6 Å². The molecule has 0 bridgehead atoms. The Kier molecular flexibility index (Phi) is 5.99. The number of benzene rings is 1. The number of hydrogen-bond donors (Lipinski definition) is 0. The van der Waals surface area contributed by atoms with E-state index < -0.39 is 22.5 Å². The van der Waals surface area contributed by atoms with Gasteiger partial charge in [-0.3, -0.25) is 4.79 Å². The van der Waals surface area contributed by atoms with Gasteiger partial charge in [0.1, 0.15) is 9.96 Å². The number of alkyl halides is 2. The molecule has 0 N–H and O–H groups in total. The zero-order valence-electron chi connectivity index (χ0n) is 13.8. The van der Waals surface area contributed by atoms with E-state index in [2.05, 4.69) is 4.74 Å². The SMILES string of the molecule is O=C(c1ccccc1OC(F)F)N1CCN(S(=O)(=O)c2ccc(Cl)s2)CC1. The second-order valence-electron chi connectivity index (χ2n) is 5.63. The Morgan fingerprint density at radius 2 is 1.78 bits per heavy atom. The minimum Gasteiger partial charge on any atom is -0.434 e.